The Morgan fingerprint density at radius 1 is 1.39 bits per heavy atom. The number of carboxylic acids is 1. The molecule has 3 N–H and O–H groups in total. The molecule has 3 atom stereocenters. The van der Waals surface area contributed by atoms with E-state index in [4.69, 9.17) is 9.84 Å². The lowest BCUT2D eigenvalue weighted by Crippen LogP contribution is -2.44. The number of aliphatic hydroxyl groups is 1. The summed E-state index contributed by atoms with van der Waals surface area (Å²) >= 11 is 0. The Morgan fingerprint density at radius 3 is 2.50 bits per heavy atom. The predicted molar refractivity (Wildman–Crippen MR) is 64.1 cm³/mol. The van der Waals surface area contributed by atoms with Crippen LogP contribution in [0.5, 0.6) is 0 Å². The first kappa shape index (κ1) is 14.9. The van der Waals surface area contributed by atoms with Gasteiger partial charge >= 0.3 is 5.97 Å². The summed E-state index contributed by atoms with van der Waals surface area (Å²) in [6, 6.07) is 0. The number of nitrogens with one attached hydrogen (secondary N) is 1. The highest BCUT2D eigenvalue weighted by Crippen LogP contribution is 2.20. The van der Waals surface area contributed by atoms with Crippen LogP contribution in [0.1, 0.15) is 39.5 Å². The Hall–Kier alpha value is -1.14. The van der Waals surface area contributed by atoms with Gasteiger partial charge in [-0.2, -0.15) is 0 Å². The van der Waals surface area contributed by atoms with Crippen LogP contribution in [0.15, 0.2) is 0 Å². The zero-order valence-electron chi connectivity index (χ0n) is 10.8. The first-order chi connectivity index (χ1) is 8.35. The molecule has 0 aromatic rings. The molecule has 6 heteroatoms. The van der Waals surface area contributed by atoms with Crippen LogP contribution in [0, 0.1) is 0 Å². The van der Waals surface area contributed by atoms with E-state index in [1.807, 2.05) is 6.92 Å². The van der Waals surface area contributed by atoms with Crippen molar-refractivity contribution in [3.63, 3.8) is 0 Å². The number of hydrogen-bond acceptors (Lipinski definition) is 4. The van der Waals surface area contributed by atoms with Crippen LogP contribution in [-0.2, 0) is 14.3 Å². The molecule has 1 aliphatic heterocycles. The summed E-state index contributed by atoms with van der Waals surface area (Å²) in [6.07, 6.45) is 0.554. The Labute approximate surface area is 106 Å². The third kappa shape index (κ3) is 4.27. The molecule has 0 radical (unpaired) electrons. The van der Waals surface area contributed by atoms with E-state index in [0.29, 0.717) is 19.3 Å². The molecule has 1 fully saturated rings. The molecule has 1 aliphatic rings. The zero-order valence-corrected chi connectivity index (χ0v) is 10.8. The second kappa shape index (κ2) is 6.15. The minimum Gasteiger partial charge on any atom is -0.479 e. The molecule has 0 aromatic heterocycles. The molecule has 0 aromatic carbocycles. The molecule has 104 valence electrons. The number of ether oxygens (including phenoxy) is 1. The van der Waals surface area contributed by atoms with Crippen molar-refractivity contribution in [1.82, 2.24) is 5.32 Å². The third-order valence-electron chi connectivity index (χ3n) is 3.02. The summed E-state index contributed by atoms with van der Waals surface area (Å²) in [7, 11) is 0. The summed E-state index contributed by atoms with van der Waals surface area (Å²) in [4.78, 5) is 22.4. The van der Waals surface area contributed by atoms with Crippen molar-refractivity contribution in [3.8, 4) is 0 Å². The Morgan fingerprint density at radius 2 is 2.00 bits per heavy atom. The summed E-state index contributed by atoms with van der Waals surface area (Å²) in [6.45, 7) is 3.76. The standard InChI is InChI=1S/C12H21NO5/c1-3-6-12(2,17)7-13-10(14)8-4-5-9(18-8)11(15)16/h8-9,17H,3-7H2,1-2H3,(H,13,14)(H,15,16). The summed E-state index contributed by atoms with van der Waals surface area (Å²) in [5.41, 5.74) is -0.935. The molecular weight excluding hydrogens is 238 g/mol. The number of carbonyl (C=O) groups is 2. The van der Waals surface area contributed by atoms with Gasteiger partial charge < -0.3 is 20.3 Å². The summed E-state index contributed by atoms with van der Waals surface area (Å²) < 4.78 is 5.12. The van der Waals surface area contributed by atoms with Gasteiger partial charge in [0.15, 0.2) is 6.10 Å². The van der Waals surface area contributed by atoms with Gasteiger partial charge in [0, 0.05) is 6.54 Å². The maximum Gasteiger partial charge on any atom is 0.332 e. The normalized spacial score (nSPS) is 26.6. The van der Waals surface area contributed by atoms with Gasteiger partial charge in [-0.1, -0.05) is 13.3 Å². The Balaban J connectivity index is 2.36. The molecule has 1 heterocycles. The number of carboxylic acid groups (broad SMARTS) is 1. The molecule has 1 amide bonds. The van der Waals surface area contributed by atoms with Crippen molar-refractivity contribution in [3.05, 3.63) is 0 Å². The zero-order chi connectivity index (χ0) is 13.8. The highest BCUT2D eigenvalue weighted by atomic mass is 16.5. The van der Waals surface area contributed by atoms with Crippen LogP contribution in [0.25, 0.3) is 0 Å². The second-order valence-corrected chi connectivity index (χ2v) is 4.99. The van der Waals surface area contributed by atoms with E-state index < -0.39 is 23.8 Å². The van der Waals surface area contributed by atoms with Crippen molar-refractivity contribution < 1.29 is 24.5 Å². The van der Waals surface area contributed by atoms with E-state index in [9.17, 15) is 14.7 Å². The van der Waals surface area contributed by atoms with Gasteiger partial charge in [-0.3, -0.25) is 4.79 Å². The van der Waals surface area contributed by atoms with Crippen molar-refractivity contribution in [2.24, 2.45) is 0 Å². The molecule has 0 bridgehead atoms. The van der Waals surface area contributed by atoms with Crippen LogP contribution in [-0.4, -0.2) is 46.4 Å². The quantitative estimate of drug-likeness (QED) is 0.637. The average Bonchev–Trinajstić information content (AvgIpc) is 2.75. The first-order valence-corrected chi connectivity index (χ1v) is 6.24. The van der Waals surface area contributed by atoms with Crippen molar-refractivity contribution in [1.29, 1.82) is 0 Å². The van der Waals surface area contributed by atoms with Crippen molar-refractivity contribution in [2.75, 3.05) is 6.54 Å². The van der Waals surface area contributed by atoms with Crippen LogP contribution in [0.3, 0.4) is 0 Å². The molecule has 0 aliphatic carbocycles. The van der Waals surface area contributed by atoms with Gasteiger partial charge in [0.1, 0.15) is 6.10 Å². The van der Waals surface area contributed by atoms with Gasteiger partial charge in [-0.25, -0.2) is 4.79 Å². The fraction of sp³-hybridized carbons (Fsp3) is 0.833. The van der Waals surface area contributed by atoms with Gasteiger partial charge in [-0.05, 0) is 26.2 Å². The SMILES string of the molecule is CCCC(C)(O)CNC(=O)C1CCC(C(=O)O)O1. The van der Waals surface area contributed by atoms with Crippen molar-refractivity contribution in [2.45, 2.75) is 57.3 Å². The van der Waals surface area contributed by atoms with E-state index in [1.165, 1.54) is 0 Å². The Bertz CT molecular complexity index is 316. The van der Waals surface area contributed by atoms with E-state index in [2.05, 4.69) is 5.32 Å². The third-order valence-corrected chi connectivity index (χ3v) is 3.02. The molecule has 1 rings (SSSR count). The fourth-order valence-corrected chi connectivity index (χ4v) is 2.03. The Kier molecular flexibility index (Phi) is 5.10. The monoisotopic (exact) mass is 259 g/mol. The number of rotatable bonds is 6. The smallest absolute Gasteiger partial charge is 0.332 e. The lowest BCUT2D eigenvalue weighted by Gasteiger charge is -2.23. The van der Waals surface area contributed by atoms with Gasteiger partial charge in [-0.15, -0.1) is 0 Å². The number of amides is 1. The minimum absolute atomic E-state index is 0.150. The molecular formula is C12H21NO5. The minimum atomic E-state index is -1.04. The average molecular weight is 259 g/mol. The topological polar surface area (TPSA) is 95.9 Å². The fourth-order valence-electron chi connectivity index (χ4n) is 2.03. The summed E-state index contributed by atoms with van der Waals surface area (Å²) in [5.74, 6) is -1.39. The number of aliphatic carboxylic acids is 1. The maximum atomic E-state index is 11.7. The van der Waals surface area contributed by atoms with Crippen LogP contribution < -0.4 is 5.32 Å². The van der Waals surface area contributed by atoms with Gasteiger partial charge in [0.05, 0.1) is 5.60 Å². The van der Waals surface area contributed by atoms with Crippen LogP contribution in [0.4, 0.5) is 0 Å². The highest BCUT2D eigenvalue weighted by molar-refractivity contribution is 5.82. The van der Waals surface area contributed by atoms with E-state index in [1.54, 1.807) is 6.92 Å². The number of hydrogen-bond donors (Lipinski definition) is 3. The largest absolute Gasteiger partial charge is 0.479 e. The predicted octanol–water partition coefficient (Wildman–Crippen LogP) is 0.286. The molecule has 1 saturated heterocycles. The molecule has 6 nitrogen and oxygen atoms in total. The lowest BCUT2D eigenvalue weighted by molar-refractivity contribution is -0.152. The molecule has 0 saturated carbocycles. The second-order valence-electron chi connectivity index (χ2n) is 4.99. The highest BCUT2D eigenvalue weighted by Gasteiger charge is 2.35. The molecule has 0 spiro atoms. The molecule has 3 unspecified atom stereocenters. The van der Waals surface area contributed by atoms with E-state index >= 15 is 0 Å². The maximum absolute atomic E-state index is 11.7. The van der Waals surface area contributed by atoms with E-state index in [-0.39, 0.29) is 12.5 Å². The van der Waals surface area contributed by atoms with Gasteiger partial charge in [0.25, 0.3) is 0 Å². The van der Waals surface area contributed by atoms with Gasteiger partial charge in [0.2, 0.25) is 5.91 Å². The first-order valence-electron chi connectivity index (χ1n) is 6.24. The van der Waals surface area contributed by atoms with Crippen molar-refractivity contribution >= 4 is 11.9 Å². The lowest BCUT2D eigenvalue weighted by atomic mass is 10.0. The van der Waals surface area contributed by atoms with Crippen LogP contribution >= 0.6 is 0 Å². The van der Waals surface area contributed by atoms with Crippen LogP contribution in [0.2, 0.25) is 0 Å². The summed E-state index contributed by atoms with van der Waals surface area (Å²) in [5, 5.41) is 21.2. The molecule has 18 heavy (non-hydrogen) atoms. The van der Waals surface area contributed by atoms with E-state index in [0.717, 1.165) is 6.42 Å². The number of carbonyl (C=O) groups excluding carboxylic acids is 1.